The van der Waals surface area contributed by atoms with Crippen LogP contribution in [0.2, 0.25) is 0 Å². The molecule has 1 aromatic rings. The van der Waals surface area contributed by atoms with Crippen molar-refractivity contribution in [2.24, 2.45) is 0 Å². The Morgan fingerprint density at radius 2 is 2.00 bits per heavy atom. The molecule has 0 aliphatic rings. The topological polar surface area (TPSA) is 43.1 Å². The average molecular weight is 263 g/mol. The zero-order valence-corrected chi connectivity index (χ0v) is 9.29. The third-order valence-corrected chi connectivity index (χ3v) is 2.18. The van der Waals surface area contributed by atoms with Gasteiger partial charge in [0.2, 0.25) is 5.70 Å². The first-order chi connectivity index (χ1) is 8.24. The summed E-state index contributed by atoms with van der Waals surface area (Å²) in [5.74, 6) is -1.09. The van der Waals surface area contributed by atoms with Crippen LogP contribution in [0.4, 0.5) is 17.6 Å². The molecule has 0 N–H and O–H groups in total. The van der Waals surface area contributed by atoms with Gasteiger partial charge in [0, 0.05) is 12.5 Å². The lowest BCUT2D eigenvalue weighted by Gasteiger charge is -2.07. The maximum atomic E-state index is 13.0. The summed E-state index contributed by atoms with van der Waals surface area (Å²) in [6.45, 7) is 1.48. The van der Waals surface area contributed by atoms with Crippen molar-refractivity contribution in [3.8, 4) is 0 Å². The number of hydrogen-bond donors (Lipinski definition) is 0. The van der Waals surface area contributed by atoms with Crippen molar-refractivity contribution in [2.75, 3.05) is 0 Å². The molecule has 1 aromatic carbocycles. The third-order valence-electron chi connectivity index (χ3n) is 2.18. The quantitative estimate of drug-likeness (QED) is 0.472. The van der Waals surface area contributed by atoms with Crippen molar-refractivity contribution in [3.05, 3.63) is 51.0 Å². The first-order valence-electron chi connectivity index (χ1n) is 4.96. The zero-order valence-electron chi connectivity index (χ0n) is 9.29. The first kappa shape index (κ1) is 14.1. The molecule has 0 fully saturated rings. The van der Waals surface area contributed by atoms with Gasteiger partial charge in [-0.05, 0) is 23.8 Å². The van der Waals surface area contributed by atoms with Crippen LogP contribution in [-0.4, -0.2) is 4.92 Å². The Kier molecular flexibility index (Phi) is 4.05. The van der Waals surface area contributed by atoms with E-state index in [2.05, 4.69) is 0 Å². The van der Waals surface area contributed by atoms with Crippen molar-refractivity contribution in [1.29, 1.82) is 0 Å². The molecule has 0 saturated carbocycles. The fraction of sp³-hybridized carbons (Fsp3) is 0.273. The number of hydrogen-bond acceptors (Lipinski definition) is 2. The number of benzene rings is 1. The van der Waals surface area contributed by atoms with Crippen LogP contribution in [0, 0.1) is 15.9 Å². The molecule has 18 heavy (non-hydrogen) atoms. The van der Waals surface area contributed by atoms with Gasteiger partial charge in [-0.15, -0.1) is 0 Å². The van der Waals surface area contributed by atoms with E-state index in [1.165, 1.54) is 6.92 Å². The predicted molar refractivity (Wildman–Crippen MR) is 56.7 cm³/mol. The smallest absolute Gasteiger partial charge is 0.259 e. The highest BCUT2D eigenvalue weighted by Crippen LogP contribution is 2.31. The lowest BCUT2D eigenvalue weighted by molar-refractivity contribution is -0.425. The van der Waals surface area contributed by atoms with Crippen molar-refractivity contribution in [3.63, 3.8) is 0 Å². The molecule has 0 spiro atoms. The van der Waals surface area contributed by atoms with E-state index in [9.17, 15) is 27.7 Å². The molecule has 0 radical (unpaired) electrons. The summed E-state index contributed by atoms with van der Waals surface area (Å²) in [5.41, 5.74) is -1.64. The fourth-order valence-electron chi connectivity index (χ4n) is 1.34. The van der Waals surface area contributed by atoms with Crippen LogP contribution in [0.15, 0.2) is 23.9 Å². The van der Waals surface area contributed by atoms with Crippen LogP contribution in [0.5, 0.6) is 0 Å². The Balaban J connectivity index is 3.26. The second-order valence-electron chi connectivity index (χ2n) is 3.52. The molecule has 0 atom stereocenters. The van der Waals surface area contributed by atoms with E-state index in [0.717, 1.165) is 12.1 Å². The van der Waals surface area contributed by atoms with Gasteiger partial charge in [-0.2, -0.15) is 13.2 Å². The minimum atomic E-state index is -4.69. The third kappa shape index (κ3) is 3.54. The Labute approximate surface area is 99.9 Å². The maximum Gasteiger partial charge on any atom is 0.416 e. The highest BCUT2D eigenvalue weighted by atomic mass is 19.4. The van der Waals surface area contributed by atoms with E-state index in [1.54, 1.807) is 0 Å². The Morgan fingerprint density at radius 3 is 2.44 bits per heavy atom. The molecule has 0 amide bonds. The van der Waals surface area contributed by atoms with Gasteiger partial charge in [0.1, 0.15) is 5.82 Å². The molecule has 0 saturated heterocycles. The average Bonchev–Trinajstić information content (AvgIpc) is 2.23. The normalized spacial score (nSPS) is 12.6. The number of allylic oxidation sites excluding steroid dienone is 1. The van der Waals surface area contributed by atoms with E-state index in [4.69, 9.17) is 0 Å². The van der Waals surface area contributed by atoms with E-state index in [-0.39, 0.29) is 17.7 Å². The van der Waals surface area contributed by atoms with Gasteiger partial charge in [-0.3, -0.25) is 10.1 Å². The minimum Gasteiger partial charge on any atom is -0.259 e. The van der Waals surface area contributed by atoms with Crippen LogP contribution >= 0.6 is 0 Å². The van der Waals surface area contributed by atoms with Crippen LogP contribution in [-0.2, 0) is 6.18 Å². The van der Waals surface area contributed by atoms with Gasteiger partial charge in [0.05, 0.1) is 10.5 Å². The molecule has 0 aliphatic heterocycles. The van der Waals surface area contributed by atoms with E-state index < -0.39 is 22.5 Å². The number of nitrogens with zero attached hydrogens (tertiary/aromatic N) is 1. The SMILES string of the molecule is CC/C(=C/c1cc(F)cc(C(F)(F)F)c1)[N+](=O)[O-]. The Bertz CT molecular complexity index is 494. The van der Waals surface area contributed by atoms with Crippen molar-refractivity contribution in [1.82, 2.24) is 0 Å². The fourth-order valence-corrected chi connectivity index (χ4v) is 1.34. The number of alkyl halides is 3. The standard InChI is InChI=1S/C11H9F4NO2/c1-2-10(16(17)18)5-7-3-8(11(13,14)15)6-9(12)4-7/h3-6H,2H2,1H3/b10-5-. The van der Waals surface area contributed by atoms with E-state index >= 15 is 0 Å². The molecule has 3 nitrogen and oxygen atoms in total. The monoisotopic (exact) mass is 263 g/mol. The maximum absolute atomic E-state index is 13.0. The summed E-state index contributed by atoms with van der Waals surface area (Å²) in [6, 6.07) is 1.83. The Morgan fingerprint density at radius 1 is 1.39 bits per heavy atom. The van der Waals surface area contributed by atoms with Gasteiger partial charge in [0.25, 0.3) is 0 Å². The number of nitro groups is 1. The summed E-state index contributed by atoms with van der Waals surface area (Å²) in [7, 11) is 0. The van der Waals surface area contributed by atoms with Crippen LogP contribution in [0.3, 0.4) is 0 Å². The second-order valence-corrected chi connectivity index (χ2v) is 3.52. The summed E-state index contributed by atoms with van der Waals surface area (Å²) >= 11 is 0. The van der Waals surface area contributed by atoms with Crippen molar-refractivity contribution >= 4 is 6.08 Å². The number of rotatable bonds is 3. The molecule has 0 unspecified atom stereocenters. The summed E-state index contributed by atoms with van der Waals surface area (Å²) in [6.07, 6.45) is -3.73. The molecule has 0 aliphatic carbocycles. The Hall–Kier alpha value is -1.92. The van der Waals surface area contributed by atoms with Gasteiger partial charge < -0.3 is 0 Å². The molecule has 0 bridgehead atoms. The van der Waals surface area contributed by atoms with E-state index in [0.29, 0.717) is 12.1 Å². The molecule has 0 heterocycles. The zero-order chi connectivity index (χ0) is 13.9. The summed E-state index contributed by atoms with van der Waals surface area (Å²) in [4.78, 5) is 9.81. The molecular formula is C11H9F4NO2. The van der Waals surface area contributed by atoms with Crippen molar-refractivity contribution in [2.45, 2.75) is 19.5 Å². The van der Waals surface area contributed by atoms with Crippen LogP contribution in [0.1, 0.15) is 24.5 Å². The highest BCUT2D eigenvalue weighted by molar-refractivity contribution is 5.52. The molecule has 0 aromatic heterocycles. The molecular weight excluding hydrogens is 254 g/mol. The van der Waals surface area contributed by atoms with Gasteiger partial charge in [-0.25, -0.2) is 4.39 Å². The number of halogens is 4. The van der Waals surface area contributed by atoms with Crippen LogP contribution < -0.4 is 0 Å². The van der Waals surface area contributed by atoms with Gasteiger partial charge in [0.15, 0.2) is 0 Å². The van der Waals surface area contributed by atoms with Gasteiger partial charge in [-0.1, -0.05) is 6.92 Å². The lowest BCUT2D eigenvalue weighted by atomic mass is 10.1. The largest absolute Gasteiger partial charge is 0.416 e. The van der Waals surface area contributed by atoms with Crippen LogP contribution in [0.25, 0.3) is 6.08 Å². The minimum absolute atomic E-state index is 0.0326. The van der Waals surface area contributed by atoms with E-state index in [1.807, 2.05) is 0 Å². The van der Waals surface area contributed by atoms with Gasteiger partial charge >= 0.3 is 6.18 Å². The molecule has 1 rings (SSSR count). The first-order valence-corrected chi connectivity index (χ1v) is 4.96. The second kappa shape index (κ2) is 5.16. The molecule has 7 heteroatoms. The summed E-state index contributed by atoms with van der Waals surface area (Å²) < 4.78 is 50.2. The lowest BCUT2D eigenvalue weighted by Crippen LogP contribution is -2.06. The highest BCUT2D eigenvalue weighted by Gasteiger charge is 2.31. The van der Waals surface area contributed by atoms with Crippen molar-refractivity contribution < 1.29 is 22.5 Å². The molecule has 98 valence electrons. The summed E-state index contributed by atoms with van der Waals surface area (Å²) in [5, 5.41) is 10.5. The predicted octanol–water partition coefficient (Wildman–Crippen LogP) is 3.87.